The quantitative estimate of drug-likeness (QED) is 0.569. The number of anilines is 2. The van der Waals surface area contributed by atoms with Gasteiger partial charge in [0.05, 0.1) is 12.3 Å². The predicted molar refractivity (Wildman–Crippen MR) is 117 cm³/mol. The van der Waals surface area contributed by atoms with E-state index in [9.17, 15) is 9.50 Å². The Hall–Kier alpha value is -2.28. The third-order valence-corrected chi connectivity index (χ3v) is 6.26. The van der Waals surface area contributed by atoms with E-state index in [1.54, 1.807) is 12.1 Å². The minimum Gasteiger partial charge on any atom is -0.395 e. The van der Waals surface area contributed by atoms with E-state index in [2.05, 4.69) is 39.5 Å². The number of hydrogen-bond acceptors (Lipinski definition) is 5. The fourth-order valence-corrected chi connectivity index (χ4v) is 4.57. The Labute approximate surface area is 175 Å². The Morgan fingerprint density at radius 3 is 2.76 bits per heavy atom. The molecule has 1 saturated heterocycles. The number of aliphatic hydroxyl groups is 1. The summed E-state index contributed by atoms with van der Waals surface area (Å²) in [6.07, 6.45) is 4.52. The molecule has 1 fully saturated rings. The van der Waals surface area contributed by atoms with E-state index >= 15 is 0 Å². The Balaban J connectivity index is 1.35. The van der Waals surface area contributed by atoms with Crippen LogP contribution in [0.2, 0.25) is 0 Å². The summed E-state index contributed by atoms with van der Waals surface area (Å²) < 4.78 is 13.9. The van der Waals surface area contributed by atoms with Gasteiger partial charge in [-0.3, -0.25) is 4.90 Å². The molecule has 3 aromatic rings. The summed E-state index contributed by atoms with van der Waals surface area (Å²) in [6, 6.07) is 15.4. The smallest absolute Gasteiger partial charge is 0.187 e. The fourth-order valence-electron chi connectivity index (χ4n) is 3.84. The van der Waals surface area contributed by atoms with Crippen LogP contribution in [0.5, 0.6) is 0 Å². The summed E-state index contributed by atoms with van der Waals surface area (Å²) >= 11 is 1.46. The fraction of sp³-hybridized carbons (Fsp3) is 0.348. The molecule has 1 aromatic heterocycles. The molecule has 2 heterocycles. The molecular weight excluding hydrogens is 385 g/mol. The van der Waals surface area contributed by atoms with Crippen molar-refractivity contribution in [3.05, 3.63) is 65.3 Å². The van der Waals surface area contributed by atoms with Crippen LogP contribution in [0.1, 0.15) is 24.8 Å². The molecule has 0 saturated carbocycles. The van der Waals surface area contributed by atoms with Gasteiger partial charge in [0.25, 0.3) is 0 Å². The van der Waals surface area contributed by atoms with Gasteiger partial charge in [-0.25, -0.2) is 9.37 Å². The van der Waals surface area contributed by atoms with Gasteiger partial charge in [0.15, 0.2) is 5.13 Å². The molecular formula is C23H26FN3OS. The van der Waals surface area contributed by atoms with Gasteiger partial charge in [0, 0.05) is 29.2 Å². The molecule has 0 unspecified atom stereocenters. The SMILES string of the molecule is OC[C@H]1CCCCN1CCc1ccc(Nc2nc(-c3ccccc3F)cs2)cc1. The molecule has 1 aliphatic rings. The van der Waals surface area contributed by atoms with Gasteiger partial charge in [-0.15, -0.1) is 11.3 Å². The van der Waals surface area contributed by atoms with Crippen LogP contribution in [-0.2, 0) is 6.42 Å². The predicted octanol–water partition coefficient (Wildman–Crippen LogP) is 5.08. The summed E-state index contributed by atoms with van der Waals surface area (Å²) in [7, 11) is 0. The highest BCUT2D eigenvalue weighted by Crippen LogP contribution is 2.28. The van der Waals surface area contributed by atoms with Crippen LogP contribution in [0.25, 0.3) is 11.3 Å². The van der Waals surface area contributed by atoms with Crippen molar-refractivity contribution in [3.63, 3.8) is 0 Å². The number of nitrogens with zero attached hydrogens (tertiary/aromatic N) is 2. The number of benzene rings is 2. The third-order valence-electron chi connectivity index (χ3n) is 5.51. The highest BCUT2D eigenvalue weighted by molar-refractivity contribution is 7.14. The van der Waals surface area contributed by atoms with E-state index in [1.807, 2.05) is 11.4 Å². The second kappa shape index (κ2) is 9.48. The average molecular weight is 412 g/mol. The van der Waals surface area contributed by atoms with Crippen LogP contribution in [-0.4, -0.2) is 40.7 Å². The zero-order chi connectivity index (χ0) is 20.1. The van der Waals surface area contributed by atoms with E-state index in [1.165, 1.54) is 35.8 Å². The summed E-state index contributed by atoms with van der Waals surface area (Å²) in [5.74, 6) is -0.258. The number of nitrogens with one attached hydrogen (secondary N) is 1. The van der Waals surface area contributed by atoms with E-state index in [-0.39, 0.29) is 12.4 Å². The molecule has 1 aliphatic heterocycles. The van der Waals surface area contributed by atoms with Crippen molar-refractivity contribution in [3.8, 4) is 11.3 Å². The number of rotatable bonds is 7. The highest BCUT2D eigenvalue weighted by atomic mass is 32.1. The van der Waals surface area contributed by atoms with Crippen LogP contribution >= 0.6 is 11.3 Å². The van der Waals surface area contributed by atoms with E-state index < -0.39 is 0 Å². The van der Waals surface area contributed by atoms with E-state index in [0.29, 0.717) is 17.3 Å². The lowest BCUT2D eigenvalue weighted by molar-refractivity contribution is 0.0913. The standard InChI is InChI=1S/C23H26FN3OS/c24-21-7-2-1-6-20(21)22-16-29-23(26-22)25-18-10-8-17(9-11-18)12-14-27-13-4-3-5-19(27)15-28/h1-2,6-11,16,19,28H,3-5,12-15H2,(H,25,26)/t19-/m1/s1. The Morgan fingerprint density at radius 2 is 1.97 bits per heavy atom. The first-order valence-corrected chi connectivity index (χ1v) is 11.0. The van der Waals surface area contributed by atoms with Crippen LogP contribution in [0, 0.1) is 5.82 Å². The van der Waals surface area contributed by atoms with E-state index in [0.717, 1.165) is 36.8 Å². The van der Waals surface area contributed by atoms with Gasteiger partial charge in [0.1, 0.15) is 5.82 Å². The maximum atomic E-state index is 13.9. The summed E-state index contributed by atoms with van der Waals surface area (Å²) in [4.78, 5) is 6.92. The Bertz CT molecular complexity index is 928. The first-order valence-electron chi connectivity index (χ1n) is 10.1. The van der Waals surface area contributed by atoms with Crippen LogP contribution < -0.4 is 5.32 Å². The lowest BCUT2D eigenvalue weighted by atomic mass is 10.0. The number of aliphatic hydroxyl groups excluding tert-OH is 1. The number of hydrogen-bond donors (Lipinski definition) is 2. The van der Waals surface area contributed by atoms with Crippen molar-refractivity contribution in [2.75, 3.05) is 25.0 Å². The van der Waals surface area contributed by atoms with Gasteiger partial charge >= 0.3 is 0 Å². The second-order valence-electron chi connectivity index (χ2n) is 7.46. The maximum Gasteiger partial charge on any atom is 0.187 e. The number of thiazole rings is 1. The highest BCUT2D eigenvalue weighted by Gasteiger charge is 2.20. The van der Waals surface area contributed by atoms with Crippen molar-refractivity contribution in [1.29, 1.82) is 0 Å². The monoisotopic (exact) mass is 411 g/mol. The number of aromatic nitrogens is 1. The first kappa shape index (κ1) is 20.0. The normalized spacial score (nSPS) is 17.4. The lowest BCUT2D eigenvalue weighted by Gasteiger charge is -2.34. The molecule has 0 amide bonds. The largest absolute Gasteiger partial charge is 0.395 e. The molecule has 0 bridgehead atoms. The molecule has 29 heavy (non-hydrogen) atoms. The summed E-state index contributed by atoms with van der Waals surface area (Å²) in [6.45, 7) is 2.32. The zero-order valence-corrected chi connectivity index (χ0v) is 17.2. The van der Waals surface area contributed by atoms with Crippen LogP contribution in [0.15, 0.2) is 53.9 Å². The van der Waals surface area contributed by atoms with Gasteiger partial charge in [-0.2, -0.15) is 0 Å². The number of likely N-dealkylation sites (tertiary alicyclic amines) is 1. The molecule has 4 nitrogen and oxygen atoms in total. The molecule has 6 heteroatoms. The molecule has 1 atom stereocenters. The average Bonchev–Trinajstić information content (AvgIpc) is 3.22. The summed E-state index contributed by atoms with van der Waals surface area (Å²) in [5.41, 5.74) is 3.41. The van der Waals surface area contributed by atoms with E-state index in [4.69, 9.17) is 0 Å². The maximum absolute atomic E-state index is 13.9. The molecule has 0 aliphatic carbocycles. The van der Waals surface area contributed by atoms with Gasteiger partial charge in [-0.05, 0) is 55.6 Å². The van der Waals surface area contributed by atoms with Gasteiger partial charge < -0.3 is 10.4 Å². The minimum atomic E-state index is -0.258. The van der Waals surface area contributed by atoms with Gasteiger partial charge in [0.2, 0.25) is 0 Å². The van der Waals surface area contributed by atoms with Crippen molar-refractivity contribution in [2.24, 2.45) is 0 Å². The van der Waals surface area contributed by atoms with Crippen molar-refractivity contribution >= 4 is 22.2 Å². The second-order valence-corrected chi connectivity index (χ2v) is 8.32. The molecule has 0 spiro atoms. The van der Waals surface area contributed by atoms with Crippen molar-refractivity contribution in [2.45, 2.75) is 31.7 Å². The molecule has 152 valence electrons. The van der Waals surface area contributed by atoms with Gasteiger partial charge in [-0.1, -0.05) is 30.7 Å². The van der Waals surface area contributed by atoms with Crippen molar-refractivity contribution < 1.29 is 9.50 Å². The third kappa shape index (κ3) is 5.01. The van der Waals surface area contributed by atoms with Crippen molar-refractivity contribution in [1.82, 2.24) is 9.88 Å². The van der Waals surface area contributed by atoms with Crippen LogP contribution in [0.4, 0.5) is 15.2 Å². The number of halogens is 1. The zero-order valence-electron chi connectivity index (χ0n) is 16.4. The topological polar surface area (TPSA) is 48.4 Å². The molecule has 2 N–H and O–H groups in total. The number of piperidine rings is 1. The lowest BCUT2D eigenvalue weighted by Crippen LogP contribution is -2.42. The Kier molecular flexibility index (Phi) is 6.54. The minimum absolute atomic E-state index is 0.255. The molecule has 2 aromatic carbocycles. The van der Waals surface area contributed by atoms with Crippen LogP contribution in [0.3, 0.4) is 0 Å². The Morgan fingerprint density at radius 1 is 1.14 bits per heavy atom. The first-order chi connectivity index (χ1) is 14.2. The summed E-state index contributed by atoms with van der Waals surface area (Å²) in [5, 5.41) is 15.5. The molecule has 0 radical (unpaired) electrons. The molecule has 4 rings (SSSR count).